The van der Waals surface area contributed by atoms with Crippen molar-refractivity contribution in [2.24, 2.45) is 7.05 Å². The SMILES string of the molecule is CCc1ccc2ccccc2c1CN1CCOCC1c1ncnn1C. The van der Waals surface area contributed by atoms with Crippen molar-refractivity contribution in [3.63, 3.8) is 0 Å². The van der Waals surface area contributed by atoms with Crippen molar-refractivity contribution in [2.75, 3.05) is 19.8 Å². The van der Waals surface area contributed by atoms with E-state index in [2.05, 4.69) is 58.3 Å². The third-order valence-electron chi connectivity index (χ3n) is 5.16. The van der Waals surface area contributed by atoms with Crippen molar-refractivity contribution >= 4 is 10.8 Å². The molecule has 1 aromatic heterocycles. The average molecular weight is 336 g/mol. The number of fused-ring (bicyclic) bond motifs is 1. The fourth-order valence-corrected chi connectivity index (χ4v) is 3.77. The first-order chi connectivity index (χ1) is 12.3. The first-order valence-corrected chi connectivity index (χ1v) is 8.93. The van der Waals surface area contributed by atoms with Crippen LogP contribution in [0, 0.1) is 0 Å². The van der Waals surface area contributed by atoms with Gasteiger partial charge in [-0.15, -0.1) is 0 Å². The summed E-state index contributed by atoms with van der Waals surface area (Å²) in [5.41, 5.74) is 2.84. The first kappa shape index (κ1) is 16.2. The zero-order chi connectivity index (χ0) is 17.2. The van der Waals surface area contributed by atoms with E-state index in [1.807, 2.05) is 11.7 Å². The van der Waals surface area contributed by atoms with Crippen molar-refractivity contribution in [1.82, 2.24) is 19.7 Å². The zero-order valence-corrected chi connectivity index (χ0v) is 14.9. The molecule has 2 heterocycles. The number of morpholine rings is 1. The summed E-state index contributed by atoms with van der Waals surface area (Å²) in [6.45, 7) is 5.47. The molecule has 130 valence electrons. The lowest BCUT2D eigenvalue weighted by Crippen LogP contribution is -2.40. The van der Waals surface area contributed by atoms with Gasteiger partial charge in [-0.25, -0.2) is 4.98 Å². The maximum atomic E-state index is 5.75. The van der Waals surface area contributed by atoms with Crippen molar-refractivity contribution in [3.05, 3.63) is 59.7 Å². The van der Waals surface area contributed by atoms with Crippen LogP contribution < -0.4 is 0 Å². The molecular weight excluding hydrogens is 312 g/mol. The lowest BCUT2D eigenvalue weighted by molar-refractivity contribution is -0.0170. The van der Waals surface area contributed by atoms with Crippen LogP contribution in [0.3, 0.4) is 0 Å². The van der Waals surface area contributed by atoms with E-state index >= 15 is 0 Å². The number of rotatable bonds is 4. The van der Waals surface area contributed by atoms with Gasteiger partial charge in [0.25, 0.3) is 0 Å². The van der Waals surface area contributed by atoms with Crippen molar-refractivity contribution < 1.29 is 4.74 Å². The van der Waals surface area contributed by atoms with Crippen LogP contribution >= 0.6 is 0 Å². The predicted octanol–water partition coefficient (Wildman–Crippen LogP) is 3.10. The van der Waals surface area contributed by atoms with Gasteiger partial charge >= 0.3 is 0 Å². The van der Waals surface area contributed by atoms with Crippen molar-refractivity contribution in [2.45, 2.75) is 25.9 Å². The Morgan fingerprint density at radius 3 is 2.88 bits per heavy atom. The molecule has 1 atom stereocenters. The summed E-state index contributed by atoms with van der Waals surface area (Å²) in [6, 6.07) is 13.3. The molecule has 1 aliphatic rings. The van der Waals surface area contributed by atoms with E-state index in [0.717, 1.165) is 31.9 Å². The minimum atomic E-state index is 0.143. The van der Waals surface area contributed by atoms with E-state index in [-0.39, 0.29) is 6.04 Å². The Morgan fingerprint density at radius 1 is 1.20 bits per heavy atom. The Labute approximate surface area is 148 Å². The second-order valence-electron chi connectivity index (χ2n) is 6.58. The van der Waals surface area contributed by atoms with Crippen LogP contribution in [0.1, 0.15) is 29.9 Å². The third-order valence-corrected chi connectivity index (χ3v) is 5.16. The van der Waals surface area contributed by atoms with E-state index in [9.17, 15) is 0 Å². The van der Waals surface area contributed by atoms with Crippen LogP contribution in [0.5, 0.6) is 0 Å². The number of nitrogens with zero attached hydrogens (tertiary/aromatic N) is 4. The normalized spacial score (nSPS) is 18.7. The Hall–Kier alpha value is -2.24. The maximum Gasteiger partial charge on any atom is 0.146 e. The predicted molar refractivity (Wildman–Crippen MR) is 98.3 cm³/mol. The highest BCUT2D eigenvalue weighted by Crippen LogP contribution is 2.29. The monoisotopic (exact) mass is 336 g/mol. The molecule has 0 spiro atoms. The molecule has 1 fully saturated rings. The molecule has 0 amide bonds. The highest BCUT2D eigenvalue weighted by Gasteiger charge is 2.28. The summed E-state index contributed by atoms with van der Waals surface area (Å²) in [5.74, 6) is 0.970. The summed E-state index contributed by atoms with van der Waals surface area (Å²) in [4.78, 5) is 6.95. The molecule has 1 unspecified atom stereocenters. The summed E-state index contributed by atoms with van der Waals surface area (Å²) >= 11 is 0. The molecule has 5 nitrogen and oxygen atoms in total. The Balaban J connectivity index is 1.73. The Morgan fingerprint density at radius 2 is 2.08 bits per heavy atom. The van der Waals surface area contributed by atoms with Gasteiger partial charge in [0.15, 0.2) is 0 Å². The molecule has 3 aromatic rings. The molecule has 0 radical (unpaired) electrons. The number of ether oxygens (including phenoxy) is 1. The van der Waals surface area contributed by atoms with Crippen LogP contribution in [0.25, 0.3) is 10.8 Å². The Bertz CT molecular complexity index is 873. The van der Waals surface area contributed by atoms with Gasteiger partial charge in [-0.05, 0) is 28.3 Å². The summed E-state index contributed by atoms with van der Waals surface area (Å²) in [6.07, 6.45) is 2.66. The van der Waals surface area contributed by atoms with Crippen LogP contribution in [0.15, 0.2) is 42.7 Å². The fourth-order valence-electron chi connectivity index (χ4n) is 3.77. The lowest BCUT2D eigenvalue weighted by atomic mass is 9.96. The summed E-state index contributed by atoms with van der Waals surface area (Å²) in [7, 11) is 1.95. The molecule has 0 aliphatic carbocycles. The lowest BCUT2D eigenvalue weighted by Gasteiger charge is -2.35. The van der Waals surface area contributed by atoms with E-state index in [1.54, 1.807) is 6.33 Å². The van der Waals surface area contributed by atoms with Gasteiger partial charge in [0.2, 0.25) is 0 Å². The van der Waals surface area contributed by atoms with Crippen LogP contribution in [-0.2, 0) is 24.8 Å². The fraction of sp³-hybridized carbons (Fsp3) is 0.400. The minimum absolute atomic E-state index is 0.143. The summed E-state index contributed by atoms with van der Waals surface area (Å²) < 4.78 is 7.61. The van der Waals surface area contributed by atoms with E-state index in [4.69, 9.17) is 4.74 Å². The molecule has 0 bridgehead atoms. The molecule has 0 saturated carbocycles. The van der Waals surface area contributed by atoms with Crippen molar-refractivity contribution in [3.8, 4) is 0 Å². The van der Waals surface area contributed by atoms with Crippen LogP contribution in [0.4, 0.5) is 0 Å². The molecule has 1 saturated heterocycles. The molecular formula is C20H24N4O. The van der Waals surface area contributed by atoms with E-state index in [0.29, 0.717) is 6.61 Å². The molecule has 2 aromatic carbocycles. The molecule has 1 aliphatic heterocycles. The standard InChI is InChI=1S/C20H24N4O/c1-3-15-8-9-16-6-4-5-7-17(16)18(15)12-24-10-11-25-13-19(24)20-21-14-22-23(20)2/h4-9,14,19H,3,10-13H2,1-2H3. The summed E-state index contributed by atoms with van der Waals surface area (Å²) in [5, 5.41) is 6.90. The quantitative estimate of drug-likeness (QED) is 0.734. The number of aryl methyl sites for hydroxylation is 2. The Kier molecular flexibility index (Phi) is 4.51. The molecule has 0 N–H and O–H groups in total. The van der Waals surface area contributed by atoms with E-state index < -0.39 is 0 Å². The average Bonchev–Trinajstić information content (AvgIpc) is 3.08. The number of benzene rings is 2. The molecule has 25 heavy (non-hydrogen) atoms. The van der Waals surface area contributed by atoms with Crippen LogP contribution in [-0.4, -0.2) is 39.4 Å². The smallest absolute Gasteiger partial charge is 0.146 e. The van der Waals surface area contributed by atoms with Gasteiger partial charge in [-0.3, -0.25) is 9.58 Å². The minimum Gasteiger partial charge on any atom is -0.378 e. The van der Waals surface area contributed by atoms with Gasteiger partial charge in [0.05, 0.1) is 19.3 Å². The van der Waals surface area contributed by atoms with Gasteiger partial charge in [0.1, 0.15) is 12.2 Å². The number of hydrogen-bond donors (Lipinski definition) is 0. The maximum absolute atomic E-state index is 5.75. The third kappa shape index (κ3) is 3.05. The van der Waals surface area contributed by atoms with Gasteiger partial charge < -0.3 is 4.74 Å². The zero-order valence-electron chi connectivity index (χ0n) is 14.9. The van der Waals surface area contributed by atoms with Gasteiger partial charge in [-0.2, -0.15) is 5.10 Å². The number of aromatic nitrogens is 3. The topological polar surface area (TPSA) is 43.2 Å². The molecule has 5 heteroatoms. The second kappa shape index (κ2) is 6.94. The largest absolute Gasteiger partial charge is 0.378 e. The second-order valence-corrected chi connectivity index (χ2v) is 6.58. The first-order valence-electron chi connectivity index (χ1n) is 8.93. The number of hydrogen-bond acceptors (Lipinski definition) is 4. The van der Waals surface area contributed by atoms with Gasteiger partial charge in [-0.1, -0.05) is 43.3 Å². The van der Waals surface area contributed by atoms with Crippen molar-refractivity contribution in [1.29, 1.82) is 0 Å². The highest BCUT2D eigenvalue weighted by atomic mass is 16.5. The van der Waals surface area contributed by atoms with Gasteiger partial charge in [0, 0.05) is 20.1 Å². The highest BCUT2D eigenvalue weighted by molar-refractivity contribution is 5.86. The van der Waals surface area contributed by atoms with E-state index in [1.165, 1.54) is 21.9 Å². The van der Waals surface area contributed by atoms with Crippen LogP contribution in [0.2, 0.25) is 0 Å². The molecule has 4 rings (SSSR count).